The fourth-order valence-corrected chi connectivity index (χ4v) is 5.88. The molecule has 1 fully saturated rings. The zero-order valence-corrected chi connectivity index (χ0v) is 24.4. The van der Waals surface area contributed by atoms with Crippen LogP contribution < -0.4 is 10.9 Å². The number of amides is 1. The number of sulfonamides is 1. The third-order valence-electron chi connectivity index (χ3n) is 7.83. The van der Waals surface area contributed by atoms with Crippen LogP contribution in [0.3, 0.4) is 0 Å². The number of aliphatic carboxylic acids is 1. The quantitative estimate of drug-likeness (QED) is 0.109. The number of aromatic nitrogens is 2. The molecule has 2 atom stereocenters. The average molecular weight is 623 g/mol. The lowest BCUT2D eigenvalue weighted by Crippen LogP contribution is -2.48. The van der Waals surface area contributed by atoms with Crippen LogP contribution in [0.1, 0.15) is 31.4 Å². The van der Waals surface area contributed by atoms with Gasteiger partial charge >= 0.3 is 5.97 Å². The van der Waals surface area contributed by atoms with Gasteiger partial charge in [0, 0.05) is 29.7 Å². The molecule has 1 amide bonds. The largest absolute Gasteiger partial charge is 0.507 e. The number of carboxylic acid groups (broad SMARTS) is 1. The summed E-state index contributed by atoms with van der Waals surface area (Å²) in [6.07, 6.45) is -1.17. The van der Waals surface area contributed by atoms with Crippen molar-refractivity contribution in [1.29, 1.82) is 5.41 Å². The predicted octanol–water partition coefficient (Wildman–Crippen LogP) is 1.56. The second kappa shape index (κ2) is 10.6. The summed E-state index contributed by atoms with van der Waals surface area (Å²) in [4.78, 5) is 34.1. The van der Waals surface area contributed by atoms with Crippen LogP contribution in [0.4, 0.5) is 0 Å². The summed E-state index contributed by atoms with van der Waals surface area (Å²) in [6, 6.07) is 9.70. The minimum atomic E-state index is -4.22. The number of carbonyl (C=O) groups is 2. The van der Waals surface area contributed by atoms with Gasteiger partial charge in [-0.05, 0) is 67.9 Å². The van der Waals surface area contributed by atoms with Crippen molar-refractivity contribution in [3.05, 3.63) is 59.7 Å². The first kappa shape index (κ1) is 30.5. The van der Waals surface area contributed by atoms with Gasteiger partial charge in [0.05, 0.1) is 33.0 Å². The molecule has 2 unspecified atom stereocenters. The van der Waals surface area contributed by atoms with Crippen molar-refractivity contribution in [1.82, 2.24) is 14.9 Å². The Morgan fingerprint density at radius 3 is 2.39 bits per heavy atom. The van der Waals surface area contributed by atoms with Crippen molar-refractivity contribution in [3.8, 4) is 34.0 Å². The SMILES string of the molecule is CC(C)(C(=O)N1CC(O)CC1C(=O)O)c1cc(-c2nc3cc(C(=N)N)ccc3[nH]2)c(O)c(-c2cc(S(N)(=O)=O)ccc2O)c1. The van der Waals surface area contributed by atoms with Crippen molar-refractivity contribution in [3.63, 3.8) is 0 Å². The zero-order valence-electron chi connectivity index (χ0n) is 23.6. The highest BCUT2D eigenvalue weighted by atomic mass is 32.2. The lowest BCUT2D eigenvalue weighted by Gasteiger charge is -2.32. The van der Waals surface area contributed by atoms with Gasteiger partial charge in [0.15, 0.2) is 0 Å². The molecule has 0 spiro atoms. The van der Waals surface area contributed by atoms with Crippen LogP contribution >= 0.6 is 0 Å². The molecular weight excluding hydrogens is 592 g/mol. The summed E-state index contributed by atoms with van der Waals surface area (Å²) in [6.45, 7) is 2.88. The van der Waals surface area contributed by atoms with Gasteiger partial charge in [-0.3, -0.25) is 10.2 Å². The van der Waals surface area contributed by atoms with Crippen molar-refractivity contribution in [2.45, 2.75) is 42.7 Å². The van der Waals surface area contributed by atoms with E-state index < -0.39 is 51.0 Å². The molecule has 1 saturated heterocycles. The minimum Gasteiger partial charge on any atom is -0.507 e. The monoisotopic (exact) mass is 622 g/mol. The molecule has 44 heavy (non-hydrogen) atoms. The molecule has 1 aliphatic heterocycles. The predicted molar refractivity (Wildman–Crippen MR) is 159 cm³/mol. The number of imidazole rings is 1. The van der Waals surface area contributed by atoms with E-state index in [2.05, 4.69) is 9.97 Å². The Bertz CT molecular complexity index is 1970. The van der Waals surface area contributed by atoms with Gasteiger partial charge in [-0.1, -0.05) is 0 Å². The highest BCUT2D eigenvalue weighted by Crippen LogP contribution is 2.45. The summed E-state index contributed by atoms with van der Waals surface area (Å²) >= 11 is 0. The molecule has 4 aromatic rings. The van der Waals surface area contributed by atoms with Crippen molar-refractivity contribution >= 4 is 38.8 Å². The molecule has 3 aromatic carbocycles. The number of carboxylic acids is 1. The second-order valence-electron chi connectivity index (χ2n) is 11.2. The third-order valence-corrected chi connectivity index (χ3v) is 8.74. The maximum atomic E-state index is 13.9. The molecule has 14 nitrogen and oxygen atoms in total. The molecule has 1 aromatic heterocycles. The van der Waals surface area contributed by atoms with Crippen LogP contribution in [-0.4, -0.2) is 80.1 Å². The number of aromatic amines is 1. The number of fused-ring (bicyclic) bond motifs is 1. The second-order valence-corrected chi connectivity index (χ2v) is 12.8. The van der Waals surface area contributed by atoms with E-state index >= 15 is 0 Å². The topological polar surface area (TPSA) is 257 Å². The molecule has 0 saturated carbocycles. The van der Waals surface area contributed by atoms with Gasteiger partial charge in [0.2, 0.25) is 15.9 Å². The Hall–Kier alpha value is -4.99. The van der Waals surface area contributed by atoms with Gasteiger partial charge in [-0.2, -0.15) is 0 Å². The number of amidine groups is 1. The lowest BCUT2D eigenvalue weighted by molar-refractivity contribution is -0.150. The molecule has 15 heteroatoms. The summed E-state index contributed by atoms with van der Waals surface area (Å²) in [7, 11) is -4.22. The third kappa shape index (κ3) is 5.32. The summed E-state index contributed by atoms with van der Waals surface area (Å²) in [5, 5.41) is 55.2. The van der Waals surface area contributed by atoms with Gasteiger partial charge in [0.25, 0.3) is 0 Å². The van der Waals surface area contributed by atoms with Gasteiger partial charge in [-0.15, -0.1) is 0 Å². The number of aliphatic hydroxyl groups is 1. The Labute approximate surface area is 251 Å². The number of nitrogen functional groups attached to an aromatic ring is 1. The first-order chi connectivity index (χ1) is 20.5. The normalized spacial score (nSPS) is 17.2. The molecule has 0 radical (unpaired) electrons. The number of H-pyrrole nitrogens is 1. The number of likely N-dealkylation sites (tertiary alicyclic amines) is 1. The van der Waals surface area contributed by atoms with Crippen LogP contribution in [0.25, 0.3) is 33.5 Å². The molecule has 5 rings (SSSR count). The minimum absolute atomic E-state index is 0.0654. The van der Waals surface area contributed by atoms with Crippen LogP contribution in [0.5, 0.6) is 11.5 Å². The van der Waals surface area contributed by atoms with Gasteiger partial charge < -0.3 is 36.0 Å². The Morgan fingerprint density at radius 2 is 1.75 bits per heavy atom. The number of aliphatic hydroxyl groups excluding tert-OH is 1. The number of rotatable bonds is 7. The smallest absolute Gasteiger partial charge is 0.326 e. The number of phenolic OH excluding ortho intramolecular Hbond substituents is 2. The van der Waals surface area contributed by atoms with Gasteiger partial charge in [-0.25, -0.2) is 23.3 Å². The number of β-amino-alcohol motifs (C(OH)–C–C–N with tert-alkyl or cyclic N) is 1. The summed E-state index contributed by atoms with van der Waals surface area (Å²) < 4.78 is 24.3. The zero-order chi connectivity index (χ0) is 32.3. The first-order valence-electron chi connectivity index (χ1n) is 13.3. The van der Waals surface area contributed by atoms with Crippen molar-refractivity contribution in [2.75, 3.05) is 6.54 Å². The fourth-order valence-electron chi connectivity index (χ4n) is 5.34. The molecule has 230 valence electrons. The Morgan fingerprint density at radius 1 is 1.07 bits per heavy atom. The molecule has 1 aliphatic rings. The summed E-state index contributed by atoms with van der Waals surface area (Å²) in [5.41, 5.74) is 5.63. The number of aromatic hydroxyl groups is 2. The van der Waals surface area contributed by atoms with E-state index in [1.165, 1.54) is 26.0 Å². The molecule has 2 heterocycles. The molecule has 10 N–H and O–H groups in total. The number of nitrogens with zero attached hydrogens (tertiary/aromatic N) is 2. The van der Waals surface area contributed by atoms with Crippen LogP contribution in [-0.2, 0) is 25.0 Å². The standard InChI is InChI=1S/C29H30N6O8S/c1-29(2,28(41)35-12-15(36)10-22(35)27(39)40)14-8-18(17-11-16(44(32,42)43)4-6-23(17)37)24(38)19(9-14)26-33-20-5-3-13(25(30)31)7-21(20)34-26/h3-9,11,15,22,36-38H,10,12H2,1-2H3,(H3,30,31)(H,33,34)(H,39,40)(H2,32,42,43). The number of nitrogens with two attached hydrogens (primary N) is 2. The highest BCUT2D eigenvalue weighted by molar-refractivity contribution is 7.89. The number of hydrogen-bond donors (Lipinski definition) is 8. The Balaban J connectivity index is 1.75. The van der Waals surface area contributed by atoms with Crippen molar-refractivity contribution < 1.29 is 38.4 Å². The Kier molecular flexibility index (Phi) is 7.36. The van der Waals surface area contributed by atoms with Crippen LogP contribution in [0, 0.1) is 5.41 Å². The maximum absolute atomic E-state index is 13.9. The van der Waals surface area contributed by atoms with E-state index in [1.807, 2.05) is 0 Å². The van der Waals surface area contributed by atoms with E-state index in [0.717, 1.165) is 23.1 Å². The number of hydrogen-bond acceptors (Lipinski definition) is 9. The average Bonchev–Trinajstić information content (AvgIpc) is 3.55. The number of benzene rings is 3. The van der Waals surface area contributed by atoms with Crippen LogP contribution in [0.2, 0.25) is 0 Å². The lowest BCUT2D eigenvalue weighted by atomic mass is 9.80. The van der Waals surface area contributed by atoms with E-state index in [9.17, 15) is 38.4 Å². The number of primary sulfonamides is 1. The number of phenols is 2. The van der Waals surface area contributed by atoms with Gasteiger partial charge in [0.1, 0.15) is 29.2 Å². The number of nitrogens with one attached hydrogen (secondary N) is 2. The molecule has 0 bridgehead atoms. The van der Waals surface area contributed by atoms with E-state index in [1.54, 1.807) is 18.2 Å². The van der Waals surface area contributed by atoms with Crippen LogP contribution in [0.15, 0.2) is 53.4 Å². The highest BCUT2D eigenvalue weighted by Gasteiger charge is 2.45. The molecule has 0 aliphatic carbocycles. The van der Waals surface area contributed by atoms with E-state index in [-0.39, 0.29) is 51.8 Å². The molecular formula is C29H30N6O8S. The maximum Gasteiger partial charge on any atom is 0.326 e. The number of carbonyl (C=O) groups excluding carboxylic acids is 1. The summed E-state index contributed by atoms with van der Waals surface area (Å²) in [5.74, 6) is -2.77. The first-order valence-corrected chi connectivity index (χ1v) is 14.8. The fraction of sp³-hybridized carbons (Fsp3) is 0.241. The van der Waals surface area contributed by atoms with Crippen molar-refractivity contribution in [2.24, 2.45) is 10.9 Å². The van der Waals surface area contributed by atoms with E-state index in [0.29, 0.717) is 16.6 Å². The van der Waals surface area contributed by atoms with E-state index in [4.69, 9.17) is 16.3 Å².